The monoisotopic (exact) mass is 364 g/mol. The molecule has 0 saturated carbocycles. The number of hydrogen-bond donors (Lipinski definition) is 1. The molecule has 0 spiro atoms. The fraction of sp³-hybridized carbons (Fsp3) is 0.238. The Balaban J connectivity index is 1.77. The van der Waals surface area contributed by atoms with Gasteiger partial charge in [0.15, 0.2) is 0 Å². The summed E-state index contributed by atoms with van der Waals surface area (Å²) in [6.07, 6.45) is 2.52. The summed E-state index contributed by atoms with van der Waals surface area (Å²) in [6, 6.07) is 11.0. The maximum Gasteiger partial charge on any atom is 0.261 e. The van der Waals surface area contributed by atoms with Crippen molar-refractivity contribution in [1.82, 2.24) is 4.57 Å². The van der Waals surface area contributed by atoms with Crippen LogP contribution in [0, 0.1) is 0 Å². The zero-order chi connectivity index (χ0) is 19.1. The van der Waals surface area contributed by atoms with Crippen LogP contribution in [0.4, 0.5) is 5.69 Å². The summed E-state index contributed by atoms with van der Waals surface area (Å²) in [7, 11) is 3.07. The van der Waals surface area contributed by atoms with E-state index in [9.17, 15) is 9.59 Å². The summed E-state index contributed by atoms with van der Waals surface area (Å²) < 4.78 is 12.5. The van der Waals surface area contributed by atoms with Gasteiger partial charge in [-0.15, -0.1) is 0 Å². The van der Waals surface area contributed by atoms with Gasteiger partial charge in [-0.1, -0.05) is 12.1 Å². The standard InChI is InChI=1S/C21H20N2O4/c1-12-9-13-5-4-6-15-19(13)23(12)11-16(20(15)24)21(25)22-17-8-7-14(26-2)10-18(17)27-3/h4-8,10-12H,9H2,1-3H3,(H,22,25). The predicted molar refractivity (Wildman–Crippen MR) is 104 cm³/mol. The minimum absolute atomic E-state index is 0.117. The summed E-state index contributed by atoms with van der Waals surface area (Å²) in [6.45, 7) is 2.08. The SMILES string of the molecule is COc1ccc(NC(=O)c2cn3c4c(cccc4c2=O)CC3C)c(OC)c1. The maximum absolute atomic E-state index is 12.9. The van der Waals surface area contributed by atoms with E-state index in [2.05, 4.69) is 12.2 Å². The highest BCUT2D eigenvalue weighted by molar-refractivity contribution is 6.06. The molecule has 6 heteroatoms. The molecular formula is C21H20N2O4. The normalized spacial score (nSPS) is 15.0. The molecule has 0 bridgehead atoms. The Hall–Kier alpha value is -3.28. The van der Waals surface area contributed by atoms with E-state index in [0.29, 0.717) is 22.6 Å². The van der Waals surface area contributed by atoms with Gasteiger partial charge in [-0.2, -0.15) is 0 Å². The molecule has 1 unspecified atom stereocenters. The molecule has 1 aliphatic rings. The van der Waals surface area contributed by atoms with Gasteiger partial charge in [-0.25, -0.2) is 0 Å². The number of pyridine rings is 1. The first-order valence-corrected chi connectivity index (χ1v) is 8.73. The number of hydrogen-bond acceptors (Lipinski definition) is 4. The molecule has 138 valence electrons. The van der Waals surface area contributed by atoms with Crippen molar-refractivity contribution in [1.29, 1.82) is 0 Å². The van der Waals surface area contributed by atoms with Gasteiger partial charge in [-0.05, 0) is 37.1 Å². The van der Waals surface area contributed by atoms with Gasteiger partial charge in [0.25, 0.3) is 5.91 Å². The lowest BCUT2D eigenvalue weighted by molar-refractivity contribution is 0.102. The molecule has 0 radical (unpaired) electrons. The molecular weight excluding hydrogens is 344 g/mol. The molecule has 1 N–H and O–H groups in total. The first-order chi connectivity index (χ1) is 13.0. The highest BCUT2D eigenvalue weighted by atomic mass is 16.5. The highest BCUT2D eigenvalue weighted by Crippen LogP contribution is 2.32. The van der Waals surface area contributed by atoms with Crippen molar-refractivity contribution < 1.29 is 14.3 Å². The molecule has 4 rings (SSSR count). The Labute approximate surface area is 156 Å². The molecule has 2 aromatic carbocycles. The van der Waals surface area contributed by atoms with Gasteiger partial charge in [0, 0.05) is 23.7 Å². The molecule has 0 fully saturated rings. The van der Waals surface area contributed by atoms with Crippen LogP contribution in [0.25, 0.3) is 10.9 Å². The van der Waals surface area contributed by atoms with Gasteiger partial charge in [0.05, 0.1) is 25.4 Å². The van der Waals surface area contributed by atoms with E-state index in [1.807, 2.05) is 16.7 Å². The van der Waals surface area contributed by atoms with Crippen LogP contribution in [0.3, 0.4) is 0 Å². The minimum atomic E-state index is -0.460. The average molecular weight is 364 g/mol. The molecule has 1 amide bonds. The Morgan fingerprint density at radius 1 is 1.19 bits per heavy atom. The second kappa shape index (κ2) is 6.46. The third kappa shape index (κ3) is 2.73. The first-order valence-electron chi connectivity index (χ1n) is 8.73. The molecule has 1 aliphatic heterocycles. The summed E-state index contributed by atoms with van der Waals surface area (Å²) in [5.74, 6) is 0.618. The fourth-order valence-electron chi connectivity index (χ4n) is 3.67. The number of carbonyl (C=O) groups excluding carboxylic acids is 1. The van der Waals surface area contributed by atoms with Crippen LogP contribution < -0.4 is 20.2 Å². The van der Waals surface area contributed by atoms with Crippen LogP contribution in [0.1, 0.15) is 28.9 Å². The van der Waals surface area contributed by atoms with Crippen molar-refractivity contribution in [3.63, 3.8) is 0 Å². The zero-order valence-electron chi connectivity index (χ0n) is 15.4. The summed E-state index contributed by atoms with van der Waals surface area (Å²) in [5.41, 5.74) is 2.40. The van der Waals surface area contributed by atoms with E-state index in [1.165, 1.54) is 7.11 Å². The number of benzene rings is 2. The van der Waals surface area contributed by atoms with Crippen LogP contribution in [-0.2, 0) is 6.42 Å². The van der Waals surface area contributed by atoms with Crippen molar-refractivity contribution in [3.8, 4) is 11.5 Å². The molecule has 0 aliphatic carbocycles. The summed E-state index contributed by atoms with van der Waals surface area (Å²) in [4.78, 5) is 25.8. The van der Waals surface area contributed by atoms with Gasteiger partial charge < -0.3 is 19.4 Å². The third-order valence-electron chi connectivity index (χ3n) is 5.03. The summed E-state index contributed by atoms with van der Waals surface area (Å²) >= 11 is 0. The van der Waals surface area contributed by atoms with Crippen molar-refractivity contribution in [2.24, 2.45) is 0 Å². The zero-order valence-corrected chi connectivity index (χ0v) is 15.4. The number of carbonyl (C=O) groups is 1. The Morgan fingerprint density at radius 3 is 2.74 bits per heavy atom. The van der Waals surface area contributed by atoms with Crippen molar-refractivity contribution in [2.75, 3.05) is 19.5 Å². The molecule has 6 nitrogen and oxygen atoms in total. The average Bonchev–Trinajstić information content (AvgIpc) is 3.00. The fourth-order valence-corrected chi connectivity index (χ4v) is 3.67. The molecule has 1 atom stereocenters. The van der Waals surface area contributed by atoms with E-state index >= 15 is 0 Å². The molecule has 3 aromatic rings. The lowest BCUT2D eigenvalue weighted by Gasteiger charge is -2.14. The van der Waals surface area contributed by atoms with Gasteiger partial charge in [-0.3, -0.25) is 9.59 Å². The van der Waals surface area contributed by atoms with Crippen LogP contribution in [0.2, 0.25) is 0 Å². The number of nitrogens with zero attached hydrogens (tertiary/aromatic N) is 1. The number of methoxy groups -OCH3 is 2. The van der Waals surface area contributed by atoms with Crippen LogP contribution in [-0.4, -0.2) is 24.7 Å². The minimum Gasteiger partial charge on any atom is -0.497 e. The third-order valence-corrected chi connectivity index (χ3v) is 5.03. The van der Waals surface area contributed by atoms with Crippen LogP contribution in [0.15, 0.2) is 47.4 Å². The van der Waals surface area contributed by atoms with Crippen molar-refractivity contribution >= 4 is 22.5 Å². The van der Waals surface area contributed by atoms with Crippen LogP contribution >= 0.6 is 0 Å². The Bertz CT molecular complexity index is 1120. The predicted octanol–water partition coefficient (Wildman–Crippen LogP) is 3.39. The number of anilines is 1. The highest BCUT2D eigenvalue weighted by Gasteiger charge is 2.24. The number of para-hydroxylation sites is 1. The first kappa shape index (κ1) is 17.1. The van der Waals surface area contributed by atoms with Gasteiger partial charge in [0.2, 0.25) is 5.43 Å². The smallest absolute Gasteiger partial charge is 0.261 e. The summed E-state index contributed by atoms with van der Waals surface area (Å²) in [5, 5.41) is 3.36. The quantitative estimate of drug-likeness (QED) is 0.770. The van der Waals surface area contributed by atoms with E-state index in [4.69, 9.17) is 9.47 Å². The lowest BCUT2D eigenvalue weighted by atomic mass is 10.1. The number of nitrogens with one attached hydrogen (secondary N) is 1. The van der Waals surface area contributed by atoms with E-state index in [-0.39, 0.29) is 17.0 Å². The van der Waals surface area contributed by atoms with Crippen molar-refractivity contribution in [3.05, 3.63) is 63.9 Å². The van der Waals surface area contributed by atoms with Crippen LogP contribution in [0.5, 0.6) is 11.5 Å². The van der Waals surface area contributed by atoms with E-state index < -0.39 is 5.91 Å². The number of rotatable bonds is 4. The topological polar surface area (TPSA) is 69.6 Å². The van der Waals surface area contributed by atoms with Crippen molar-refractivity contribution in [2.45, 2.75) is 19.4 Å². The van der Waals surface area contributed by atoms with E-state index in [0.717, 1.165) is 17.5 Å². The Morgan fingerprint density at radius 2 is 2.00 bits per heavy atom. The lowest BCUT2D eigenvalue weighted by Crippen LogP contribution is -2.24. The second-order valence-corrected chi connectivity index (χ2v) is 6.67. The number of amides is 1. The Kier molecular flexibility index (Phi) is 4.11. The molecule has 1 aromatic heterocycles. The number of ether oxygens (including phenoxy) is 2. The largest absolute Gasteiger partial charge is 0.497 e. The van der Waals surface area contributed by atoms with Gasteiger partial charge >= 0.3 is 0 Å². The van der Waals surface area contributed by atoms with Gasteiger partial charge in [0.1, 0.15) is 17.1 Å². The maximum atomic E-state index is 12.9. The molecule has 27 heavy (non-hydrogen) atoms. The molecule has 2 heterocycles. The number of aromatic nitrogens is 1. The second-order valence-electron chi connectivity index (χ2n) is 6.67. The van der Waals surface area contributed by atoms with E-state index in [1.54, 1.807) is 37.6 Å². The molecule has 0 saturated heterocycles.